The molecule has 0 aliphatic carbocycles. The second-order valence-electron chi connectivity index (χ2n) is 6.51. The number of esters is 1. The Hall–Kier alpha value is -2.63. The highest BCUT2D eigenvalue weighted by Gasteiger charge is 2.14. The molecule has 2 aromatic rings. The number of carbonyl (C=O) groups excluding carboxylic acids is 3. The molecule has 0 saturated heterocycles. The molecule has 0 aliphatic rings. The van der Waals surface area contributed by atoms with E-state index in [0.29, 0.717) is 29.2 Å². The molecule has 0 bridgehead atoms. The van der Waals surface area contributed by atoms with Crippen LogP contribution >= 0.6 is 0 Å². The van der Waals surface area contributed by atoms with E-state index in [1.165, 1.54) is 36.4 Å². The highest BCUT2D eigenvalue weighted by Crippen LogP contribution is 2.20. The molecule has 0 radical (unpaired) electrons. The van der Waals surface area contributed by atoms with Crippen molar-refractivity contribution >= 4 is 29.3 Å². The number of ether oxygens (including phenoxy) is 2. The summed E-state index contributed by atoms with van der Waals surface area (Å²) in [5.74, 6) is -0.373. The first-order chi connectivity index (χ1) is 13.2. The number of hydrogen-bond donors (Lipinski definition) is 0. The molecule has 1 aromatic carbocycles. The fourth-order valence-electron chi connectivity index (χ4n) is 2.96. The Morgan fingerprint density at radius 1 is 1.00 bits per heavy atom. The van der Waals surface area contributed by atoms with Crippen LogP contribution < -0.4 is 0 Å². The molecule has 27 heavy (non-hydrogen) atoms. The van der Waals surface area contributed by atoms with Crippen molar-refractivity contribution < 1.29 is 23.9 Å². The van der Waals surface area contributed by atoms with Crippen LogP contribution in [-0.4, -0.2) is 29.7 Å². The van der Waals surface area contributed by atoms with Gasteiger partial charge in [-0.15, -0.1) is 0 Å². The summed E-state index contributed by atoms with van der Waals surface area (Å²) in [7, 11) is 0. The summed E-state index contributed by atoms with van der Waals surface area (Å²) >= 11 is 0. The van der Waals surface area contributed by atoms with E-state index < -0.39 is 12.9 Å². The van der Waals surface area contributed by atoms with Crippen molar-refractivity contribution in [2.24, 2.45) is 0 Å². The number of para-hydroxylation sites is 1. The van der Waals surface area contributed by atoms with Gasteiger partial charge in [0.1, 0.15) is 0 Å². The van der Waals surface area contributed by atoms with Gasteiger partial charge < -0.3 is 9.47 Å². The van der Waals surface area contributed by atoms with Crippen molar-refractivity contribution in [3.63, 3.8) is 0 Å². The summed E-state index contributed by atoms with van der Waals surface area (Å²) in [5.41, 5.74) is 0.970. The van der Waals surface area contributed by atoms with Gasteiger partial charge in [0, 0.05) is 23.6 Å². The molecule has 0 N–H and O–H groups in total. The maximum absolute atomic E-state index is 12.2. The number of hydrogen-bond acceptors (Lipinski definition) is 5. The predicted molar refractivity (Wildman–Crippen MR) is 103 cm³/mol. The lowest BCUT2D eigenvalue weighted by molar-refractivity contribution is -0.151. The van der Waals surface area contributed by atoms with Crippen LogP contribution in [0, 0.1) is 0 Å². The summed E-state index contributed by atoms with van der Waals surface area (Å²) in [6.07, 6.45) is 9.59. The number of nitrogens with zero attached hydrogens (tertiary/aromatic N) is 1. The van der Waals surface area contributed by atoms with Gasteiger partial charge in [0.2, 0.25) is 6.79 Å². The van der Waals surface area contributed by atoms with E-state index in [-0.39, 0.29) is 5.97 Å². The van der Waals surface area contributed by atoms with Crippen molar-refractivity contribution in [3.05, 3.63) is 36.0 Å². The highest BCUT2D eigenvalue weighted by atomic mass is 16.7. The Morgan fingerprint density at radius 2 is 1.70 bits per heavy atom. The van der Waals surface area contributed by atoms with E-state index in [2.05, 4.69) is 6.92 Å². The fraction of sp³-hybridized carbons (Fsp3) is 0.476. The molecule has 6 heteroatoms. The largest absolute Gasteiger partial charge is 0.428 e. The zero-order valence-corrected chi connectivity index (χ0v) is 15.8. The van der Waals surface area contributed by atoms with Crippen LogP contribution in [0.5, 0.6) is 0 Å². The van der Waals surface area contributed by atoms with E-state index in [4.69, 9.17) is 9.47 Å². The van der Waals surface area contributed by atoms with Crippen molar-refractivity contribution in [3.8, 4) is 0 Å². The van der Waals surface area contributed by atoms with Crippen LogP contribution in [0.1, 0.15) is 68.6 Å². The van der Waals surface area contributed by atoms with Crippen LogP contribution in [0.3, 0.4) is 0 Å². The van der Waals surface area contributed by atoms with Gasteiger partial charge in [0.05, 0.1) is 5.52 Å². The van der Waals surface area contributed by atoms with Gasteiger partial charge in [-0.2, -0.15) is 0 Å². The molecule has 146 valence electrons. The Morgan fingerprint density at radius 3 is 2.44 bits per heavy atom. The Kier molecular flexibility index (Phi) is 8.55. The molecule has 0 saturated carbocycles. The van der Waals surface area contributed by atoms with Gasteiger partial charge in [0.15, 0.2) is 6.29 Å². The van der Waals surface area contributed by atoms with Gasteiger partial charge in [-0.3, -0.25) is 14.2 Å². The Labute approximate surface area is 159 Å². The maximum Gasteiger partial charge on any atom is 0.421 e. The summed E-state index contributed by atoms with van der Waals surface area (Å²) in [4.78, 5) is 35.0. The van der Waals surface area contributed by atoms with Crippen molar-refractivity contribution in [1.82, 2.24) is 4.57 Å². The van der Waals surface area contributed by atoms with E-state index in [9.17, 15) is 14.4 Å². The number of aldehydes is 1. The van der Waals surface area contributed by atoms with Crippen LogP contribution in [0.15, 0.2) is 30.5 Å². The maximum atomic E-state index is 12.2. The molecule has 0 atom stereocenters. The summed E-state index contributed by atoms with van der Waals surface area (Å²) < 4.78 is 11.2. The molecule has 0 aliphatic heterocycles. The second-order valence-corrected chi connectivity index (χ2v) is 6.51. The van der Waals surface area contributed by atoms with Gasteiger partial charge in [-0.25, -0.2) is 4.79 Å². The van der Waals surface area contributed by atoms with E-state index in [1.54, 1.807) is 24.3 Å². The van der Waals surface area contributed by atoms with Crippen LogP contribution in [0.2, 0.25) is 0 Å². The third-order valence-corrected chi connectivity index (χ3v) is 4.45. The number of aromatic nitrogens is 1. The number of benzene rings is 1. The average molecular weight is 373 g/mol. The fourth-order valence-corrected chi connectivity index (χ4v) is 2.96. The van der Waals surface area contributed by atoms with Gasteiger partial charge in [0.25, 0.3) is 0 Å². The lowest BCUT2D eigenvalue weighted by atomic mass is 10.1. The topological polar surface area (TPSA) is 74.6 Å². The Bertz CT molecular complexity index is 765. The third-order valence-electron chi connectivity index (χ3n) is 4.45. The van der Waals surface area contributed by atoms with Crippen LogP contribution in [0.25, 0.3) is 10.9 Å². The minimum Gasteiger partial charge on any atom is -0.428 e. The lowest BCUT2D eigenvalue weighted by Gasteiger charge is -2.07. The summed E-state index contributed by atoms with van der Waals surface area (Å²) in [6, 6.07) is 7.03. The zero-order chi connectivity index (χ0) is 19.5. The minimum atomic E-state index is -0.692. The first-order valence-electron chi connectivity index (χ1n) is 9.55. The molecule has 0 spiro atoms. The van der Waals surface area contributed by atoms with Crippen LogP contribution in [-0.2, 0) is 14.3 Å². The number of carbonyl (C=O) groups is 3. The molecule has 0 unspecified atom stereocenters. The third kappa shape index (κ3) is 6.24. The standard InChI is InChI=1S/C21H27NO5/c1-2-3-4-5-6-7-8-13-20(24)26-16-27-21(25)22-14-17(15-23)18-11-9-10-12-19(18)22/h9-12,14-15H,2-8,13,16H2,1H3. The first kappa shape index (κ1) is 20.7. The van der Waals surface area contributed by atoms with Crippen molar-refractivity contribution in [2.75, 3.05) is 6.79 Å². The quantitative estimate of drug-likeness (QED) is 0.238. The molecule has 6 nitrogen and oxygen atoms in total. The Balaban J connectivity index is 1.70. The second kappa shape index (κ2) is 11.2. The monoisotopic (exact) mass is 373 g/mol. The molecular weight excluding hydrogens is 346 g/mol. The summed E-state index contributed by atoms with van der Waals surface area (Å²) in [6.45, 7) is 1.75. The molecular formula is C21H27NO5. The van der Waals surface area contributed by atoms with Gasteiger partial charge >= 0.3 is 12.1 Å². The van der Waals surface area contributed by atoms with Crippen molar-refractivity contribution in [2.45, 2.75) is 58.3 Å². The summed E-state index contributed by atoms with van der Waals surface area (Å²) in [5, 5.41) is 0.667. The highest BCUT2D eigenvalue weighted by molar-refractivity contribution is 6.01. The zero-order valence-electron chi connectivity index (χ0n) is 15.8. The first-order valence-corrected chi connectivity index (χ1v) is 9.55. The molecule has 1 aromatic heterocycles. The van der Waals surface area contributed by atoms with Gasteiger partial charge in [-0.05, 0) is 12.5 Å². The van der Waals surface area contributed by atoms with Crippen molar-refractivity contribution in [1.29, 1.82) is 0 Å². The minimum absolute atomic E-state index is 0.326. The van der Waals surface area contributed by atoms with Crippen LogP contribution in [0.4, 0.5) is 4.79 Å². The average Bonchev–Trinajstić information content (AvgIpc) is 3.06. The van der Waals surface area contributed by atoms with E-state index in [0.717, 1.165) is 19.3 Å². The lowest BCUT2D eigenvalue weighted by Crippen LogP contribution is -2.17. The normalized spacial score (nSPS) is 10.7. The number of unbranched alkanes of at least 4 members (excludes halogenated alkanes) is 6. The van der Waals surface area contributed by atoms with E-state index in [1.807, 2.05) is 0 Å². The molecule has 0 amide bonds. The van der Waals surface area contributed by atoms with Gasteiger partial charge in [-0.1, -0.05) is 63.6 Å². The number of rotatable bonds is 11. The predicted octanol–water partition coefficient (Wildman–Crippen LogP) is 5.08. The number of fused-ring (bicyclic) bond motifs is 1. The smallest absolute Gasteiger partial charge is 0.421 e. The molecule has 2 rings (SSSR count). The van der Waals surface area contributed by atoms with E-state index >= 15 is 0 Å². The molecule has 1 heterocycles. The SMILES string of the molecule is CCCCCCCCCC(=O)OCOC(=O)n1cc(C=O)c2ccccc21. The molecule has 0 fully saturated rings.